The van der Waals surface area contributed by atoms with Gasteiger partial charge in [-0.25, -0.2) is 0 Å². The van der Waals surface area contributed by atoms with E-state index in [-0.39, 0.29) is 0 Å². The first-order valence-electron chi connectivity index (χ1n) is 17.7. The molecule has 14 unspecified atom stereocenters. The normalized spacial score (nSPS) is 55.5. The minimum Gasteiger partial charge on any atom is -0.0625 e. The van der Waals surface area contributed by atoms with Crippen molar-refractivity contribution in [3.05, 3.63) is 0 Å². The molecule has 0 radical (unpaired) electrons. The van der Waals surface area contributed by atoms with Gasteiger partial charge in [0.2, 0.25) is 0 Å². The molecule has 7 fully saturated rings. The van der Waals surface area contributed by atoms with Crippen LogP contribution in [0.5, 0.6) is 0 Å². The summed E-state index contributed by atoms with van der Waals surface area (Å²) in [5.74, 6) is 15.4. The standard InChI is InChI=1S/C36H60/c1-23-17-27-11-5-7-13-29(27)33(19-23)31-15-16-32(34-20-24(2)18-28-12-6-8-14-30(28)34)36-22-26-10-4-3-9-25(26)21-35(31)36/h23-36H,3-22H2,1-2H3. The summed E-state index contributed by atoms with van der Waals surface area (Å²) < 4.78 is 0. The highest BCUT2D eigenvalue weighted by Crippen LogP contribution is 2.62. The molecule has 0 heteroatoms. The van der Waals surface area contributed by atoms with E-state index >= 15 is 0 Å². The van der Waals surface area contributed by atoms with Gasteiger partial charge in [0.1, 0.15) is 0 Å². The van der Waals surface area contributed by atoms with Crippen LogP contribution in [-0.4, -0.2) is 0 Å². The molecule has 0 aromatic carbocycles. The second-order valence-electron chi connectivity index (χ2n) is 16.4. The van der Waals surface area contributed by atoms with Gasteiger partial charge in [-0.05, 0) is 147 Å². The van der Waals surface area contributed by atoms with Gasteiger partial charge in [0, 0.05) is 0 Å². The molecule has 36 heavy (non-hydrogen) atoms. The summed E-state index contributed by atoms with van der Waals surface area (Å²) in [6.07, 6.45) is 31.9. The van der Waals surface area contributed by atoms with E-state index in [1.54, 1.807) is 128 Å². The molecular weight excluding hydrogens is 432 g/mol. The van der Waals surface area contributed by atoms with Crippen LogP contribution in [0.3, 0.4) is 0 Å². The molecule has 0 aromatic rings. The van der Waals surface area contributed by atoms with Crippen molar-refractivity contribution in [3.8, 4) is 0 Å². The van der Waals surface area contributed by atoms with Crippen LogP contribution < -0.4 is 0 Å². The average Bonchev–Trinajstić information content (AvgIpc) is 2.90. The van der Waals surface area contributed by atoms with Crippen LogP contribution in [0.25, 0.3) is 0 Å². The third-order valence-corrected chi connectivity index (χ3v) is 14.6. The van der Waals surface area contributed by atoms with E-state index in [1.807, 2.05) is 0 Å². The number of fused-ring (bicyclic) bond motifs is 4. The molecule has 0 spiro atoms. The van der Waals surface area contributed by atoms with Crippen LogP contribution in [-0.2, 0) is 0 Å². The highest BCUT2D eigenvalue weighted by Gasteiger charge is 2.54. The number of hydrogen-bond donors (Lipinski definition) is 0. The van der Waals surface area contributed by atoms with Crippen LogP contribution in [0.2, 0.25) is 0 Å². The maximum Gasteiger partial charge on any atom is -0.0349 e. The molecule has 204 valence electrons. The third-order valence-electron chi connectivity index (χ3n) is 14.6. The molecule has 0 saturated heterocycles. The topological polar surface area (TPSA) is 0 Å². The van der Waals surface area contributed by atoms with E-state index in [1.165, 1.54) is 0 Å². The minimum atomic E-state index is 1.01. The smallest absolute Gasteiger partial charge is 0.0349 e. The molecule has 0 nitrogen and oxygen atoms in total. The predicted octanol–water partition coefficient (Wildman–Crippen LogP) is 10.6. The van der Waals surface area contributed by atoms with Crippen molar-refractivity contribution in [2.24, 2.45) is 82.9 Å². The summed E-state index contributed by atoms with van der Waals surface area (Å²) in [4.78, 5) is 0. The monoisotopic (exact) mass is 492 g/mol. The molecule has 0 amide bonds. The lowest BCUT2D eigenvalue weighted by molar-refractivity contribution is -0.0999. The maximum atomic E-state index is 2.64. The van der Waals surface area contributed by atoms with Crippen LogP contribution >= 0.6 is 0 Å². The molecule has 7 saturated carbocycles. The molecule has 7 aliphatic rings. The lowest BCUT2D eigenvalue weighted by atomic mass is 9.46. The van der Waals surface area contributed by atoms with Gasteiger partial charge >= 0.3 is 0 Å². The first-order valence-corrected chi connectivity index (χ1v) is 17.7. The number of hydrogen-bond acceptors (Lipinski definition) is 0. The van der Waals surface area contributed by atoms with E-state index in [4.69, 9.17) is 0 Å². The zero-order valence-corrected chi connectivity index (χ0v) is 24.2. The Labute approximate surface area is 224 Å². The Morgan fingerprint density at radius 2 is 0.639 bits per heavy atom. The van der Waals surface area contributed by atoms with Crippen molar-refractivity contribution in [1.29, 1.82) is 0 Å². The lowest BCUT2D eigenvalue weighted by Gasteiger charge is -2.59. The molecule has 0 bridgehead atoms. The Morgan fingerprint density at radius 3 is 1.08 bits per heavy atom. The van der Waals surface area contributed by atoms with E-state index in [0.29, 0.717) is 0 Å². The summed E-state index contributed by atoms with van der Waals surface area (Å²) in [5.41, 5.74) is 0. The molecular formula is C36H60. The summed E-state index contributed by atoms with van der Waals surface area (Å²) in [7, 11) is 0. The van der Waals surface area contributed by atoms with E-state index in [2.05, 4.69) is 13.8 Å². The first kappa shape index (κ1) is 25.0. The Hall–Kier alpha value is 0. The van der Waals surface area contributed by atoms with Gasteiger partial charge in [0.15, 0.2) is 0 Å². The Kier molecular flexibility index (Phi) is 7.31. The first-order chi connectivity index (χ1) is 17.7. The summed E-state index contributed by atoms with van der Waals surface area (Å²) in [6, 6.07) is 0. The van der Waals surface area contributed by atoms with Crippen LogP contribution in [0, 0.1) is 82.9 Å². The Morgan fingerprint density at radius 1 is 0.278 bits per heavy atom. The zero-order chi connectivity index (χ0) is 24.2. The van der Waals surface area contributed by atoms with Gasteiger partial charge in [0.05, 0.1) is 0 Å². The second-order valence-corrected chi connectivity index (χ2v) is 16.4. The van der Waals surface area contributed by atoms with Crippen molar-refractivity contribution in [2.75, 3.05) is 0 Å². The molecule has 7 rings (SSSR count). The molecule has 0 aromatic heterocycles. The highest BCUT2D eigenvalue weighted by molar-refractivity contribution is 5.03. The highest BCUT2D eigenvalue weighted by atomic mass is 14.6. The van der Waals surface area contributed by atoms with Gasteiger partial charge in [-0.1, -0.05) is 78.1 Å². The molecule has 0 N–H and O–H groups in total. The molecule has 7 aliphatic carbocycles. The van der Waals surface area contributed by atoms with Gasteiger partial charge < -0.3 is 0 Å². The quantitative estimate of drug-likeness (QED) is 0.359. The fraction of sp³-hybridized carbons (Fsp3) is 1.00. The van der Waals surface area contributed by atoms with Crippen molar-refractivity contribution < 1.29 is 0 Å². The Bertz CT molecular complexity index is 676. The van der Waals surface area contributed by atoms with Gasteiger partial charge in [-0.15, -0.1) is 0 Å². The van der Waals surface area contributed by atoms with Crippen molar-refractivity contribution in [2.45, 2.75) is 142 Å². The molecule has 0 aliphatic heterocycles. The maximum absolute atomic E-state index is 2.64. The lowest BCUT2D eigenvalue weighted by Crippen LogP contribution is -2.51. The van der Waals surface area contributed by atoms with Crippen LogP contribution in [0.1, 0.15) is 142 Å². The van der Waals surface area contributed by atoms with E-state index < -0.39 is 0 Å². The predicted molar refractivity (Wildman–Crippen MR) is 153 cm³/mol. The largest absolute Gasteiger partial charge is 0.0625 e. The van der Waals surface area contributed by atoms with Gasteiger partial charge in [-0.3, -0.25) is 0 Å². The minimum absolute atomic E-state index is 1.01. The Balaban J connectivity index is 1.18. The molecule has 14 atom stereocenters. The van der Waals surface area contributed by atoms with Crippen molar-refractivity contribution in [3.63, 3.8) is 0 Å². The fourth-order valence-corrected chi connectivity index (χ4v) is 13.5. The fourth-order valence-electron chi connectivity index (χ4n) is 13.5. The second kappa shape index (κ2) is 10.5. The third kappa shape index (κ3) is 4.57. The van der Waals surface area contributed by atoms with Gasteiger partial charge in [0.25, 0.3) is 0 Å². The average molecular weight is 493 g/mol. The summed E-state index contributed by atoms with van der Waals surface area (Å²) in [5, 5.41) is 0. The van der Waals surface area contributed by atoms with Crippen molar-refractivity contribution >= 4 is 0 Å². The van der Waals surface area contributed by atoms with Crippen LogP contribution in [0.4, 0.5) is 0 Å². The van der Waals surface area contributed by atoms with Crippen molar-refractivity contribution in [1.82, 2.24) is 0 Å². The molecule has 0 heterocycles. The van der Waals surface area contributed by atoms with E-state index in [0.717, 1.165) is 82.9 Å². The zero-order valence-electron chi connectivity index (χ0n) is 24.2. The van der Waals surface area contributed by atoms with E-state index in [9.17, 15) is 0 Å². The summed E-state index contributed by atoms with van der Waals surface area (Å²) >= 11 is 0. The van der Waals surface area contributed by atoms with Gasteiger partial charge in [-0.2, -0.15) is 0 Å². The van der Waals surface area contributed by atoms with Crippen LogP contribution in [0.15, 0.2) is 0 Å². The SMILES string of the molecule is CC1CC2CCCCC2C(C2CCC(C3CC(C)CC4CCCCC43)C3CC4CCCCC4CC23)C1. The number of rotatable bonds is 2. The summed E-state index contributed by atoms with van der Waals surface area (Å²) in [6.45, 7) is 5.29.